The molecule has 2 heterocycles. The van der Waals surface area contributed by atoms with E-state index < -0.39 is 6.10 Å². The number of aliphatic hydroxyl groups excluding tert-OH is 1. The summed E-state index contributed by atoms with van der Waals surface area (Å²) in [4.78, 5) is 17.7. The molecule has 1 aliphatic heterocycles. The maximum atomic E-state index is 11.3. The van der Waals surface area contributed by atoms with E-state index in [-0.39, 0.29) is 11.8 Å². The maximum Gasteiger partial charge on any atom is 0.222 e. The molecule has 2 atom stereocenters. The van der Waals surface area contributed by atoms with Crippen LogP contribution < -0.4 is 10.6 Å². The van der Waals surface area contributed by atoms with Gasteiger partial charge in [-0.25, -0.2) is 0 Å². The second kappa shape index (κ2) is 6.02. The Hall–Kier alpha value is -1.62. The lowest BCUT2D eigenvalue weighted by molar-refractivity contribution is -0.122. The van der Waals surface area contributed by atoms with Crippen molar-refractivity contribution < 1.29 is 9.90 Å². The zero-order valence-electron chi connectivity index (χ0n) is 11.2. The highest BCUT2D eigenvalue weighted by atomic mass is 16.3. The van der Waals surface area contributed by atoms with Crippen molar-refractivity contribution in [1.82, 2.24) is 4.98 Å². The highest BCUT2D eigenvalue weighted by molar-refractivity contribution is 5.77. The topological polar surface area (TPSA) is 79.5 Å². The van der Waals surface area contributed by atoms with E-state index in [4.69, 9.17) is 5.73 Å². The number of primary amides is 1. The van der Waals surface area contributed by atoms with Gasteiger partial charge in [0.2, 0.25) is 5.91 Å². The number of nitrogens with two attached hydrogens (primary N) is 1. The van der Waals surface area contributed by atoms with Crippen LogP contribution in [-0.2, 0) is 4.79 Å². The van der Waals surface area contributed by atoms with Crippen LogP contribution in [0.2, 0.25) is 0 Å². The Morgan fingerprint density at radius 2 is 2.42 bits per heavy atom. The summed E-state index contributed by atoms with van der Waals surface area (Å²) in [5.74, 6) is -0.301. The molecule has 1 fully saturated rings. The summed E-state index contributed by atoms with van der Waals surface area (Å²) in [7, 11) is 0. The smallest absolute Gasteiger partial charge is 0.222 e. The molecule has 0 saturated carbocycles. The van der Waals surface area contributed by atoms with Crippen LogP contribution in [0.15, 0.2) is 18.3 Å². The quantitative estimate of drug-likeness (QED) is 0.856. The fraction of sp³-hybridized carbons (Fsp3) is 0.571. The zero-order valence-corrected chi connectivity index (χ0v) is 11.2. The SMILES string of the molecule is CC[C@@H](O)c1ccc(N2CCCC(C(N)=O)C2)cn1. The predicted molar refractivity (Wildman–Crippen MR) is 73.6 cm³/mol. The van der Waals surface area contributed by atoms with Crippen molar-refractivity contribution >= 4 is 11.6 Å². The van der Waals surface area contributed by atoms with Gasteiger partial charge < -0.3 is 15.7 Å². The number of rotatable bonds is 4. The molecule has 1 saturated heterocycles. The molecule has 5 heteroatoms. The van der Waals surface area contributed by atoms with Crippen molar-refractivity contribution in [2.45, 2.75) is 32.3 Å². The van der Waals surface area contributed by atoms with Gasteiger partial charge in [-0.15, -0.1) is 0 Å². The Morgan fingerprint density at radius 1 is 1.63 bits per heavy atom. The van der Waals surface area contributed by atoms with E-state index in [1.54, 1.807) is 6.20 Å². The van der Waals surface area contributed by atoms with Crippen molar-refractivity contribution in [3.8, 4) is 0 Å². The number of pyridine rings is 1. The van der Waals surface area contributed by atoms with E-state index in [1.807, 2.05) is 19.1 Å². The average Bonchev–Trinajstić information content (AvgIpc) is 2.46. The maximum absolute atomic E-state index is 11.3. The van der Waals surface area contributed by atoms with Gasteiger partial charge in [0.15, 0.2) is 0 Å². The molecule has 0 aromatic carbocycles. The van der Waals surface area contributed by atoms with E-state index in [1.165, 1.54) is 0 Å². The highest BCUT2D eigenvalue weighted by Crippen LogP contribution is 2.24. The Bertz CT molecular complexity index is 433. The molecule has 1 unspecified atom stereocenters. The fourth-order valence-electron chi connectivity index (χ4n) is 2.43. The van der Waals surface area contributed by atoms with Crippen LogP contribution in [0.3, 0.4) is 0 Å². The second-order valence-corrected chi connectivity index (χ2v) is 5.05. The van der Waals surface area contributed by atoms with Gasteiger partial charge in [0.1, 0.15) is 0 Å². The number of aromatic nitrogens is 1. The number of amides is 1. The Kier molecular flexibility index (Phi) is 4.37. The predicted octanol–water partition coefficient (Wildman–Crippen LogP) is 1.23. The third-order valence-corrected chi connectivity index (χ3v) is 3.69. The normalized spacial score (nSPS) is 21.2. The lowest BCUT2D eigenvalue weighted by atomic mass is 9.97. The first-order valence-corrected chi connectivity index (χ1v) is 6.80. The lowest BCUT2D eigenvalue weighted by Crippen LogP contribution is -2.41. The number of hydrogen-bond donors (Lipinski definition) is 2. The summed E-state index contributed by atoms with van der Waals surface area (Å²) < 4.78 is 0. The molecule has 0 aliphatic carbocycles. The summed E-state index contributed by atoms with van der Waals surface area (Å²) in [5.41, 5.74) is 7.05. The van der Waals surface area contributed by atoms with Gasteiger partial charge in [-0.05, 0) is 31.4 Å². The largest absolute Gasteiger partial charge is 0.387 e. The van der Waals surface area contributed by atoms with E-state index in [9.17, 15) is 9.90 Å². The van der Waals surface area contributed by atoms with E-state index in [0.29, 0.717) is 18.7 Å². The number of anilines is 1. The van der Waals surface area contributed by atoms with Gasteiger partial charge in [-0.2, -0.15) is 0 Å². The van der Waals surface area contributed by atoms with Crippen LogP contribution >= 0.6 is 0 Å². The molecule has 1 aromatic heterocycles. The molecular weight excluding hydrogens is 242 g/mol. The number of nitrogens with zero attached hydrogens (tertiary/aromatic N) is 2. The summed E-state index contributed by atoms with van der Waals surface area (Å²) in [6.45, 7) is 3.50. The Labute approximate surface area is 113 Å². The fourth-order valence-corrected chi connectivity index (χ4v) is 2.43. The number of piperidine rings is 1. The first-order chi connectivity index (χ1) is 9.11. The molecule has 1 aromatic rings. The van der Waals surface area contributed by atoms with E-state index >= 15 is 0 Å². The van der Waals surface area contributed by atoms with Crippen LogP contribution in [0.25, 0.3) is 0 Å². The minimum absolute atomic E-state index is 0.0744. The first-order valence-electron chi connectivity index (χ1n) is 6.80. The van der Waals surface area contributed by atoms with Crippen LogP contribution in [0.4, 0.5) is 5.69 Å². The van der Waals surface area contributed by atoms with Gasteiger partial charge in [0.05, 0.1) is 29.6 Å². The van der Waals surface area contributed by atoms with Gasteiger partial charge in [0, 0.05) is 13.1 Å². The summed E-state index contributed by atoms with van der Waals surface area (Å²) in [6, 6.07) is 3.79. The minimum atomic E-state index is -0.506. The van der Waals surface area contributed by atoms with Crippen molar-refractivity contribution in [3.05, 3.63) is 24.0 Å². The molecule has 0 bridgehead atoms. The molecule has 1 amide bonds. The van der Waals surface area contributed by atoms with E-state index in [2.05, 4.69) is 9.88 Å². The second-order valence-electron chi connectivity index (χ2n) is 5.05. The average molecular weight is 263 g/mol. The lowest BCUT2D eigenvalue weighted by Gasteiger charge is -2.32. The number of hydrogen-bond acceptors (Lipinski definition) is 4. The third kappa shape index (κ3) is 3.23. The first kappa shape index (κ1) is 13.8. The zero-order chi connectivity index (χ0) is 13.8. The Balaban J connectivity index is 2.07. The van der Waals surface area contributed by atoms with Gasteiger partial charge in [0.25, 0.3) is 0 Å². The molecule has 5 nitrogen and oxygen atoms in total. The number of aliphatic hydroxyl groups is 1. The van der Waals surface area contributed by atoms with Crippen LogP contribution in [0.5, 0.6) is 0 Å². The molecular formula is C14H21N3O2. The molecule has 104 valence electrons. The summed E-state index contributed by atoms with van der Waals surface area (Å²) >= 11 is 0. The van der Waals surface area contributed by atoms with Gasteiger partial charge in [-0.3, -0.25) is 9.78 Å². The monoisotopic (exact) mass is 263 g/mol. The molecule has 3 N–H and O–H groups in total. The van der Waals surface area contributed by atoms with Crippen LogP contribution in [-0.4, -0.2) is 29.1 Å². The van der Waals surface area contributed by atoms with Crippen molar-refractivity contribution in [2.24, 2.45) is 11.7 Å². The van der Waals surface area contributed by atoms with Crippen molar-refractivity contribution in [2.75, 3.05) is 18.0 Å². The van der Waals surface area contributed by atoms with Crippen LogP contribution in [0.1, 0.15) is 38.0 Å². The minimum Gasteiger partial charge on any atom is -0.387 e. The standard InChI is InChI=1S/C14H21N3O2/c1-2-13(18)12-6-5-11(8-16-12)17-7-3-4-10(9-17)14(15)19/h5-6,8,10,13,18H,2-4,7,9H2,1H3,(H2,15,19)/t10?,13-/m1/s1. The molecule has 0 radical (unpaired) electrons. The number of carbonyl (C=O) groups excluding carboxylic acids is 1. The van der Waals surface area contributed by atoms with Gasteiger partial charge >= 0.3 is 0 Å². The molecule has 0 spiro atoms. The molecule has 2 rings (SSSR count). The van der Waals surface area contributed by atoms with E-state index in [0.717, 1.165) is 25.1 Å². The van der Waals surface area contributed by atoms with Crippen LogP contribution in [0, 0.1) is 5.92 Å². The van der Waals surface area contributed by atoms with Crippen molar-refractivity contribution in [3.63, 3.8) is 0 Å². The molecule has 19 heavy (non-hydrogen) atoms. The third-order valence-electron chi connectivity index (χ3n) is 3.69. The Morgan fingerprint density at radius 3 is 3.00 bits per heavy atom. The summed E-state index contributed by atoms with van der Waals surface area (Å²) in [5, 5.41) is 9.71. The van der Waals surface area contributed by atoms with Crippen molar-refractivity contribution in [1.29, 1.82) is 0 Å². The molecule has 1 aliphatic rings. The van der Waals surface area contributed by atoms with Gasteiger partial charge in [-0.1, -0.05) is 6.92 Å². The number of carbonyl (C=O) groups is 1. The highest BCUT2D eigenvalue weighted by Gasteiger charge is 2.24. The summed E-state index contributed by atoms with van der Waals surface area (Å²) in [6.07, 6.45) is 3.74.